The van der Waals surface area contributed by atoms with Crippen LogP contribution in [0.3, 0.4) is 0 Å². The lowest BCUT2D eigenvalue weighted by Crippen LogP contribution is -2.21. The summed E-state index contributed by atoms with van der Waals surface area (Å²) in [4.78, 5) is 10.5. The molecule has 2 heteroatoms. The molecule has 0 atom stereocenters. The fraction of sp³-hybridized carbons (Fsp3) is 1.00. The molecule has 0 spiro atoms. The second-order valence-electron chi connectivity index (χ2n) is 7.82. The molecule has 0 radical (unpaired) electrons. The normalized spacial score (nSPS) is 21.2. The molecule has 0 N–H and O–H groups in total. The van der Waals surface area contributed by atoms with Crippen LogP contribution in [0.1, 0.15) is 123 Å². The van der Waals surface area contributed by atoms with Gasteiger partial charge in [0.25, 0.3) is 0 Å². The van der Waals surface area contributed by atoms with Crippen molar-refractivity contribution in [2.45, 2.75) is 129 Å². The number of rotatable bonds is 16. The third-order valence-electron chi connectivity index (χ3n) is 5.58. The van der Waals surface area contributed by atoms with Gasteiger partial charge in [0.1, 0.15) is 0 Å². The molecule has 0 aliphatic heterocycles. The molecule has 1 saturated carbocycles. The smallest absolute Gasteiger partial charge is 0.0930 e. The van der Waals surface area contributed by atoms with E-state index in [0.29, 0.717) is 12.7 Å². The average Bonchev–Trinajstić information content (AvgIpc) is 2.62. The van der Waals surface area contributed by atoms with Crippen molar-refractivity contribution in [3.8, 4) is 0 Å². The largest absolute Gasteiger partial charge is 0.237 e. The predicted octanol–water partition coefficient (Wildman–Crippen LogP) is 7.60. The maximum atomic E-state index is 5.40. The van der Waals surface area contributed by atoms with Gasteiger partial charge in [-0.15, -0.1) is 0 Å². The van der Waals surface area contributed by atoms with Crippen LogP contribution in [0.2, 0.25) is 0 Å². The molecule has 2 nitrogen and oxygen atoms in total. The summed E-state index contributed by atoms with van der Waals surface area (Å²) >= 11 is 0. The molecule has 0 aromatic carbocycles. The van der Waals surface area contributed by atoms with Gasteiger partial charge in [-0.2, -0.15) is 0 Å². The second kappa shape index (κ2) is 16.4. The highest BCUT2D eigenvalue weighted by molar-refractivity contribution is 4.72. The molecule has 0 saturated heterocycles. The van der Waals surface area contributed by atoms with E-state index in [-0.39, 0.29) is 0 Å². The number of unbranched alkanes of at least 4 members (excludes halogenated alkanes) is 11. The first-order valence-electron chi connectivity index (χ1n) is 11.1. The Morgan fingerprint density at radius 3 is 1.62 bits per heavy atom. The summed E-state index contributed by atoms with van der Waals surface area (Å²) in [5.41, 5.74) is 0. The highest BCUT2D eigenvalue weighted by atomic mass is 17.2. The van der Waals surface area contributed by atoms with E-state index in [2.05, 4.69) is 6.92 Å². The molecule has 144 valence electrons. The third-order valence-corrected chi connectivity index (χ3v) is 5.58. The first-order valence-corrected chi connectivity index (χ1v) is 11.1. The minimum Gasteiger partial charge on any atom is -0.237 e. The summed E-state index contributed by atoms with van der Waals surface area (Å²) in [6, 6.07) is 0. The van der Waals surface area contributed by atoms with Crippen LogP contribution in [-0.4, -0.2) is 12.7 Å². The van der Waals surface area contributed by atoms with Crippen LogP contribution in [-0.2, 0) is 9.78 Å². The molecule has 0 amide bonds. The summed E-state index contributed by atoms with van der Waals surface area (Å²) in [5.74, 6) is 0.953. The Bertz CT molecular complexity index is 246. The van der Waals surface area contributed by atoms with E-state index in [4.69, 9.17) is 9.78 Å². The molecule has 0 bridgehead atoms. The fourth-order valence-corrected chi connectivity index (χ4v) is 3.96. The number of hydrogen-bond donors (Lipinski definition) is 0. The monoisotopic (exact) mass is 340 g/mol. The minimum atomic E-state index is 0.364. The lowest BCUT2D eigenvalue weighted by atomic mass is 9.84. The van der Waals surface area contributed by atoms with Crippen LogP contribution in [0.15, 0.2) is 0 Å². The van der Waals surface area contributed by atoms with Crippen molar-refractivity contribution in [3.63, 3.8) is 0 Å². The van der Waals surface area contributed by atoms with Crippen molar-refractivity contribution in [1.29, 1.82) is 0 Å². The van der Waals surface area contributed by atoms with Gasteiger partial charge in [0, 0.05) is 0 Å². The Balaban J connectivity index is 1.78. The summed E-state index contributed by atoms with van der Waals surface area (Å²) in [7, 11) is 0. The van der Waals surface area contributed by atoms with Crippen LogP contribution in [0.5, 0.6) is 0 Å². The van der Waals surface area contributed by atoms with Gasteiger partial charge in [0.05, 0.1) is 12.7 Å². The summed E-state index contributed by atoms with van der Waals surface area (Å²) in [5, 5.41) is 0. The van der Waals surface area contributed by atoms with E-state index in [1.165, 1.54) is 109 Å². The zero-order valence-electron chi connectivity index (χ0n) is 16.7. The van der Waals surface area contributed by atoms with Crippen molar-refractivity contribution in [2.24, 2.45) is 5.92 Å². The first kappa shape index (κ1) is 22.0. The van der Waals surface area contributed by atoms with Gasteiger partial charge in [-0.1, -0.05) is 90.4 Å². The average molecular weight is 341 g/mol. The summed E-state index contributed by atoms with van der Waals surface area (Å²) < 4.78 is 0. The van der Waals surface area contributed by atoms with Crippen molar-refractivity contribution in [3.05, 3.63) is 0 Å². The van der Waals surface area contributed by atoms with Crippen molar-refractivity contribution < 1.29 is 9.78 Å². The maximum Gasteiger partial charge on any atom is 0.0930 e. The molecule has 0 unspecified atom stereocenters. The Kier molecular flexibility index (Phi) is 15.0. The standard InChI is InChI=1S/C22H44O2/c1-3-5-6-7-8-9-10-11-12-13-14-15-16-21-17-19-22(20-18-21)24-23-4-2/h21-22H,3-20H2,1-2H3. The van der Waals surface area contributed by atoms with Crippen LogP contribution in [0, 0.1) is 5.92 Å². The molecular weight excluding hydrogens is 296 g/mol. The minimum absolute atomic E-state index is 0.364. The van der Waals surface area contributed by atoms with Gasteiger partial charge in [0.15, 0.2) is 0 Å². The van der Waals surface area contributed by atoms with E-state index in [1.807, 2.05) is 6.92 Å². The predicted molar refractivity (Wildman–Crippen MR) is 104 cm³/mol. The quantitative estimate of drug-likeness (QED) is 0.163. The third kappa shape index (κ3) is 12.3. The molecule has 1 rings (SSSR count). The molecular formula is C22H44O2. The molecule has 24 heavy (non-hydrogen) atoms. The van der Waals surface area contributed by atoms with Crippen LogP contribution in [0.25, 0.3) is 0 Å². The van der Waals surface area contributed by atoms with Crippen molar-refractivity contribution in [1.82, 2.24) is 0 Å². The van der Waals surface area contributed by atoms with Gasteiger partial charge < -0.3 is 0 Å². The van der Waals surface area contributed by atoms with Gasteiger partial charge >= 0.3 is 0 Å². The molecule has 0 heterocycles. The van der Waals surface area contributed by atoms with E-state index in [0.717, 1.165) is 5.92 Å². The summed E-state index contributed by atoms with van der Waals surface area (Å²) in [6.07, 6.45) is 24.3. The van der Waals surface area contributed by atoms with Gasteiger partial charge in [-0.05, 0) is 38.5 Å². The maximum absolute atomic E-state index is 5.40. The molecule has 1 fully saturated rings. The van der Waals surface area contributed by atoms with E-state index in [9.17, 15) is 0 Å². The zero-order valence-corrected chi connectivity index (χ0v) is 16.7. The molecule has 0 aromatic heterocycles. The Hall–Kier alpha value is -0.0800. The fourth-order valence-electron chi connectivity index (χ4n) is 3.96. The van der Waals surface area contributed by atoms with Crippen LogP contribution < -0.4 is 0 Å². The van der Waals surface area contributed by atoms with Gasteiger partial charge in [0.2, 0.25) is 0 Å². The van der Waals surface area contributed by atoms with Gasteiger partial charge in [-0.25, -0.2) is 9.78 Å². The Labute approximate surface area is 152 Å². The SMILES string of the molecule is CCCCCCCCCCCCCCC1CCC(OOCC)CC1. The van der Waals surface area contributed by atoms with Crippen LogP contribution >= 0.6 is 0 Å². The van der Waals surface area contributed by atoms with Crippen molar-refractivity contribution in [2.75, 3.05) is 6.61 Å². The van der Waals surface area contributed by atoms with E-state index >= 15 is 0 Å². The van der Waals surface area contributed by atoms with Crippen LogP contribution in [0.4, 0.5) is 0 Å². The molecule has 0 aromatic rings. The van der Waals surface area contributed by atoms with E-state index in [1.54, 1.807) is 0 Å². The molecule has 1 aliphatic rings. The van der Waals surface area contributed by atoms with E-state index < -0.39 is 0 Å². The second-order valence-corrected chi connectivity index (χ2v) is 7.82. The highest BCUT2D eigenvalue weighted by Crippen LogP contribution is 2.30. The lowest BCUT2D eigenvalue weighted by Gasteiger charge is -2.27. The highest BCUT2D eigenvalue weighted by Gasteiger charge is 2.21. The Morgan fingerprint density at radius 1 is 0.625 bits per heavy atom. The topological polar surface area (TPSA) is 18.5 Å². The lowest BCUT2D eigenvalue weighted by molar-refractivity contribution is -0.326. The number of hydrogen-bond acceptors (Lipinski definition) is 2. The molecule has 1 aliphatic carbocycles. The van der Waals surface area contributed by atoms with Gasteiger partial charge in [-0.3, -0.25) is 0 Å². The van der Waals surface area contributed by atoms with Crippen molar-refractivity contribution >= 4 is 0 Å². The Morgan fingerprint density at radius 2 is 1.12 bits per heavy atom. The zero-order chi connectivity index (χ0) is 17.3. The summed E-state index contributed by atoms with van der Waals surface area (Å²) in [6.45, 7) is 4.94. The first-order chi connectivity index (χ1) is 11.9.